The molecule has 2 aliphatic rings. The molecule has 1 amide bonds. The Bertz CT molecular complexity index is 1170. The van der Waals surface area contributed by atoms with Crippen LogP contribution in [0.1, 0.15) is 42.0 Å². The molecule has 0 N–H and O–H groups in total. The molecule has 158 valence electrons. The van der Waals surface area contributed by atoms with Crippen LogP contribution >= 0.6 is 46.0 Å². The molecule has 0 radical (unpaired) electrons. The minimum Gasteiger partial charge on any atom is -0.294 e. The summed E-state index contributed by atoms with van der Waals surface area (Å²) in [6.07, 6.45) is 2.28. The normalized spacial score (nSPS) is 19.1. The van der Waals surface area contributed by atoms with Crippen molar-refractivity contribution in [2.75, 3.05) is 4.90 Å². The number of thiophene rings is 1. The Morgan fingerprint density at radius 1 is 1.13 bits per heavy atom. The highest BCUT2D eigenvalue weighted by molar-refractivity contribution is 8.00. The van der Waals surface area contributed by atoms with E-state index in [2.05, 4.69) is 10.2 Å². The molecule has 5 nitrogen and oxygen atoms in total. The van der Waals surface area contributed by atoms with Crippen LogP contribution in [-0.2, 0) is 15.3 Å². The molecule has 1 aromatic carbocycles. The Hall–Kier alpha value is -2.00. The zero-order chi connectivity index (χ0) is 21.4. The van der Waals surface area contributed by atoms with Crippen LogP contribution in [0.25, 0.3) is 0 Å². The molecule has 1 aliphatic heterocycles. The lowest BCUT2D eigenvalue weighted by Crippen LogP contribution is -2.40. The number of allylic oxidation sites excluding steroid dienone is 2. The summed E-state index contributed by atoms with van der Waals surface area (Å²) in [5.74, 6) is 0.656. The summed E-state index contributed by atoms with van der Waals surface area (Å²) in [6.45, 7) is 0. The van der Waals surface area contributed by atoms with E-state index in [0.29, 0.717) is 23.7 Å². The number of hydrogen-bond donors (Lipinski definition) is 0. The molecule has 31 heavy (non-hydrogen) atoms. The molecular formula is C22H18ClN3O2S3. The summed E-state index contributed by atoms with van der Waals surface area (Å²) < 4.78 is 0.771. The summed E-state index contributed by atoms with van der Waals surface area (Å²) in [6, 6.07) is 11.7. The number of benzene rings is 1. The van der Waals surface area contributed by atoms with Crippen LogP contribution in [0.15, 0.2) is 57.4 Å². The van der Waals surface area contributed by atoms with Crippen molar-refractivity contribution in [3.63, 3.8) is 0 Å². The SMILES string of the molecule is O=C1CCCC2=C1[C@@H](c1cccs1)CC(=O)N2c1nnc(SCc2ccccc2Cl)s1. The van der Waals surface area contributed by atoms with Gasteiger partial charge < -0.3 is 0 Å². The standard InChI is InChI=1S/C22H18ClN3O2S3/c23-15-6-2-1-5-13(15)12-30-22-25-24-21(31-22)26-16-7-3-8-17(27)20(16)14(11-19(26)28)18-9-4-10-29-18/h1-2,4-6,9-10,14H,3,7-8,11-12H2/t14-/m1/s1. The van der Waals surface area contributed by atoms with Gasteiger partial charge in [0.15, 0.2) is 10.1 Å². The molecular weight excluding hydrogens is 470 g/mol. The van der Waals surface area contributed by atoms with Crippen molar-refractivity contribution >= 4 is 62.9 Å². The molecule has 0 fully saturated rings. The maximum absolute atomic E-state index is 13.2. The van der Waals surface area contributed by atoms with Crippen LogP contribution in [0.2, 0.25) is 5.02 Å². The van der Waals surface area contributed by atoms with Crippen molar-refractivity contribution in [3.8, 4) is 0 Å². The number of Topliss-reactive ketones (excluding diaryl/α,β-unsaturated/α-hetero) is 1. The molecule has 3 heterocycles. The summed E-state index contributed by atoms with van der Waals surface area (Å²) in [5, 5.41) is 11.8. The Labute approximate surface area is 197 Å². The molecule has 0 bridgehead atoms. The van der Waals surface area contributed by atoms with Gasteiger partial charge in [0.05, 0.1) is 0 Å². The molecule has 0 saturated heterocycles. The zero-order valence-corrected chi connectivity index (χ0v) is 19.6. The van der Waals surface area contributed by atoms with Crippen molar-refractivity contribution in [1.29, 1.82) is 0 Å². The Kier molecular flexibility index (Phi) is 5.97. The maximum atomic E-state index is 13.2. The highest BCUT2D eigenvalue weighted by Gasteiger charge is 2.41. The van der Waals surface area contributed by atoms with E-state index in [0.717, 1.165) is 37.5 Å². The van der Waals surface area contributed by atoms with Crippen LogP contribution in [0.3, 0.4) is 0 Å². The molecule has 0 spiro atoms. The Morgan fingerprint density at radius 2 is 2.00 bits per heavy atom. The number of carbonyl (C=O) groups is 2. The largest absolute Gasteiger partial charge is 0.294 e. The number of aromatic nitrogens is 2. The molecule has 5 rings (SSSR count). The Balaban J connectivity index is 1.44. The minimum absolute atomic E-state index is 0.0225. The average molecular weight is 488 g/mol. The van der Waals surface area contributed by atoms with Crippen molar-refractivity contribution in [1.82, 2.24) is 10.2 Å². The zero-order valence-electron chi connectivity index (χ0n) is 16.4. The number of thioether (sulfide) groups is 1. The fourth-order valence-corrected chi connectivity index (χ4v) is 7.06. The average Bonchev–Trinajstić information content (AvgIpc) is 3.45. The van der Waals surface area contributed by atoms with Gasteiger partial charge >= 0.3 is 0 Å². The van der Waals surface area contributed by atoms with E-state index < -0.39 is 0 Å². The molecule has 3 aromatic rings. The number of hydrogen-bond acceptors (Lipinski definition) is 7. The van der Waals surface area contributed by atoms with Gasteiger partial charge in [0.1, 0.15) is 0 Å². The first-order valence-corrected chi connectivity index (χ1v) is 13.0. The van der Waals surface area contributed by atoms with Crippen LogP contribution in [0, 0.1) is 0 Å². The molecule has 1 aliphatic carbocycles. The number of carbonyl (C=O) groups excluding carboxylic acids is 2. The van der Waals surface area contributed by atoms with E-state index in [1.165, 1.54) is 11.3 Å². The van der Waals surface area contributed by atoms with Gasteiger partial charge in [-0.15, -0.1) is 21.5 Å². The number of amides is 1. The van der Waals surface area contributed by atoms with Crippen molar-refractivity contribution in [2.45, 2.75) is 41.7 Å². The quantitative estimate of drug-likeness (QED) is 0.322. The monoisotopic (exact) mass is 487 g/mol. The van der Waals surface area contributed by atoms with E-state index in [-0.39, 0.29) is 24.0 Å². The van der Waals surface area contributed by atoms with E-state index in [1.807, 2.05) is 41.8 Å². The summed E-state index contributed by atoms with van der Waals surface area (Å²) in [4.78, 5) is 28.8. The predicted octanol–water partition coefficient (Wildman–Crippen LogP) is 6.07. The van der Waals surface area contributed by atoms with E-state index in [9.17, 15) is 9.59 Å². The van der Waals surface area contributed by atoms with Crippen LogP contribution in [0.4, 0.5) is 5.13 Å². The lowest BCUT2D eigenvalue weighted by molar-refractivity contribution is -0.119. The summed E-state index contributed by atoms with van der Waals surface area (Å²) in [7, 11) is 0. The smallest absolute Gasteiger partial charge is 0.234 e. The van der Waals surface area contributed by atoms with Gasteiger partial charge in [-0.2, -0.15) is 0 Å². The fourth-order valence-electron chi connectivity index (χ4n) is 4.05. The van der Waals surface area contributed by atoms with Crippen molar-refractivity contribution < 1.29 is 9.59 Å². The fraction of sp³-hybridized carbons (Fsp3) is 0.273. The van der Waals surface area contributed by atoms with Gasteiger partial charge in [-0.3, -0.25) is 14.5 Å². The van der Waals surface area contributed by atoms with Gasteiger partial charge in [0, 0.05) is 45.7 Å². The summed E-state index contributed by atoms with van der Waals surface area (Å²) >= 11 is 10.8. The number of anilines is 1. The van der Waals surface area contributed by atoms with Crippen LogP contribution in [-0.4, -0.2) is 21.9 Å². The van der Waals surface area contributed by atoms with Crippen LogP contribution < -0.4 is 4.90 Å². The van der Waals surface area contributed by atoms with E-state index >= 15 is 0 Å². The van der Waals surface area contributed by atoms with Gasteiger partial charge in [-0.25, -0.2) is 0 Å². The second-order valence-electron chi connectivity index (χ2n) is 7.37. The summed E-state index contributed by atoms with van der Waals surface area (Å²) in [5.41, 5.74) is 2.63. The van der Waals surface area contributed by atoms with Gasteiger partial charge in [0.25, 0.3) is 0 Å². The van der Waals surface area contributed by atoms with E-state index in [4.69, 9.17) is 11.6 Å². The van der Waals surface area contributed by atoms with Gasteiger partial charge in [-0.1, -0.05) is 59.0 Å². The molecule has 0 saturated carbocycles. The van der Waals surface area contributed by atoms with Crippen molar-refractivity contribution in [3.05, 3.63) is 68.5 Å². The number of halogens is 1. The third-order valence-corrected chi connectivity index (χ3v) is 8.90. The number of rotatable bonds is 5. The minimum atomic E-state index is -0.145. The molecule has 9 heteroatoms. The maximum Gasteiger partial charge on any atom is 0.234 e. The number of nitrogens with zero attached hydrogens (tertiary/aromatic N) is 3. The Morgan fingerprint density at radius 3 is 2.81 bits per heavy atom. The highest BCUT2D eigenvalue weighted by Crippen LogP contribution is 2.45. The second kappa shape index (κ2) is 8.86. The van der Waals surface area contributed by atoms with Gasteiger partial charge in [-0.05, 0) is 35.9 Å². The van der Waals surface area contributed by atoms with Crippen LogP contribution in [0.5, 0.6) is 0 Å². The predicted molar refractivity (Wildman–Crippen MR) is 126 cm³/mol. The first-order chi connectivity index (χ1) is 15.1. The first-order valence-electron chi connectivity index (χ1n) is 9.94. The first kappa shape index (κ1) is 20.9. The topological polar surface area (TPSA) is 63.2 Å². The van der Waals surface area contributed by atoms with Gasteiger partial charge in [0.2, 0.25) is 11.0 Å². The van der Waals surface area contributed by atoms with E-state index in [1.54, 1.807) is 28.0 Å². The second-order valence-corrected chi connectivity index (χ2v) is 10.9. The molecule has 2 aromatic heterocycles. The lowest BCUT2D eigenvalue weighted by atomic mass is 9.80. The third-order valence-electron chi connectivity index (χ3n) is 5.46. The third kappa shape index (κ3) is 4.09. The number of ketones is 1. The molecule has 0 unspecified atom stereocenters. The van der Waals surface area contributed by atoms with Crippen molar-refractivity contribution in [2.24, 2.45) is 0 Å². The molecule has 1 atom stereocenters. The highest BCUT2D eigenvalue weighted by atomic mass is 35.5. The lowest BCUT2D eigenvalue weighted by Gasteiger charge is -2.36.